The lowest BCUT2D eigenvalue weighted by Gasteiger charge is -2.31. The van der Waals surface area contributed by atoms with Crippen LogP contribution in [0, 0.1) is 17.1 Å². The zero-order valence-electron chi connectivity index (χ0n) is 10.7. The highest BCUT2D eigenvalue weighted by Gasteiger charge is 2.28. The van der Waals surface area contributed by atoms with E-state index >= 15 is 0 Å². The third-order valence-corrected chi connectivity index (χ3v) is 3.32. The van der Waals surface area contributed by atoms with Crippen molar-refractivity contribution in [3.05, 3.63) is 29.6 Å². The number of hydrogen-bond donors (Lipinski definition) is 0. The Morgan fingerprint density at radius 1 is 1.53 bits per heavy atom. The van der Waals surface area contributed by atoms with E-state index in [-0.39, 0.29) is 5.56 Å². The Morgan fingerprint density at radius 2 is 2.32 bits per heavy atom. The first-order chi connectivity index (χ1) is 9.17. The minimum absolute atomic E-state index is 0.0112. The van der Waals surface area contributed by atoms with Gasteiger partial charge in [-0.3, -0.25) is 4.79 Å². The van der Waals surface area contributed by atoms with Crippen LogP contribution in [0.4, 0.5) is 4.39 Å². The molecular formula is C14H15FN2O2. The molecule has 0 aliphatic carbocycles. The minimum Gasteiger partial charge on any atom is -0.497 e. The first-order valence-corrected chi connectivity index (χ1v) is 6.21. The van der Waals surface area contributed by atoms with E-state index < -0.39 is 17.8 Å². The third kappa shape index (κ3) is 2.68. The summed E-state index contributed by atoms with van der Waals surface area (Å²) >= 11 is 0. The number of benzene rings is 1. The summed E-state index contributed by atoms with van der Waals surface area (Å²) in [5, 5.41) is 9.05. The van der Waals surface area contributed by atoms with Crippen LogP contribution < -0.4 is 4.74 Å². The van der Waals surface area contributed by atoms with Gasteiger partial charge in [-0.2, -0.15) is 5.26 Å². The summed E-state index contributed by atoms with van der Waals surface area (Å²) in [4.78, 5) is 13.7. The summed E-state index contributed by atoms with van der Waals surface area (Å²) < 4.78 is 18.8. The van der Waals surface area contributed by atoms with E-state index in [2.05, 4.69) is 6.07 Å². The SMILES string of the molecule is COc1ccc(C(=O)N2CCCCC2C#N)c(F)c1. The average Bonchev–Trinajstić information content (AvgIpc) is 2.46. The fourth-order valence-electron chi connectivity index (χ4n) is 2.26. The van der Waals surface area contributed by atoms with Crippen LogP contribution >= 0.6 is 0 Å². The number of piperidine rings is 1. The molecule has 2 rings (SSSR count). The van der Waals surface area contributed by atoms with Crippen molar-refractivity contribution in [1.29, 1.82) is 5.26 Å². The molecule has 5 heteroatoms. The normalized spacial score (nSPS) is 18.8. The molecule has 100 valence electrons. The summed E-state index contributed by atoms with van der Waals surface area (Å²) in [6, 6.07) is 5.77. The predicted octanol–water partition coefficient (Wildman–Crippen LogP) is 2.35. The van der Waals surface area contributed by atoms with Gasteiger partial charge in [-0.1, -0.05) is 0 Å². The summed E-state index contributed by atoms with van der Waals surface area (Å²) in [5.74, 6) is -0.678. The Labute approximate surface area is 111 Å². The molecule has 1 fully saturated rings. The van der Waals surface area contributed by atoms with Crippen LogP contribution in [-0.4, -0.2) is 30.5 Å². The van der Waals surface area contributed by atoms with Crippen molar-refractivity contribution in [2.75, 3.05) is 13.7 Å². The zero-order chi connectivity index (χ0) is 13.8. The smallest absolute Gasteiger partial charge is 0.257 e. The van der Waals surface area contributed by atoms with E-state index in [1.165, 1.54) is 24.1 Å². The maximum Gasteiger partial charge on any atom is 0.257 e. The molecule has 1 heterocycles. The van der Waals surface area contributed by atoms with Gasteiger partial charge in [0.2, 0.25) is 0 Å². The molecule has 4 nitrogen and oxygen atoms in total. The highest BCUT2D eigenvalue weighted by molar-refractivity contribution is 5.95. The lowest BCUT2D eigenvalue weighted by Crippen LogP contribution is -2.43. The van der Waals surface area contributed by atoms with Crippen LogP contribution in [0.1, 0.15) is 29.6 Å². The first-order valence-electron chi connectivity index (χ1n) is 6.21. The molecule has 0 saturated carbocycles. The van der Waals surface area contributed by atoms with E-state index in [1.54, 1.807) is 6.07 Å². The minimum atomic E-state index is -0.619. The van der Waals surface area contributed by atoms with E-state index in [4.69, 9.17) is 10.00 Å². The molecule has 0 N–H and O–H groups in total. The van der Waals surface area contributed by atoms with Gasteiger partial charge in [0.25, 0.3) is 5.91 Å². The molecule has 1 aromatic carbocycles. The molecule has 1 unspecified atom stereocenters. The standard InChI is InChI=1S/C14H15FN2O2/c1-19-11-5-6-12(13(15)8-11)14(18)17-7-3-2-4-10(17)9-16/h5-6,8,10H,2-4,7H2,1H3. The van der Waals surface area contributed by atoms with Gasteiger partial charge in [-0.05, 0) is 31.4 Å². The molecule has 1 aliphatic rings. The quantitative estimate of drug-likeness (QED) is 0.822. The van der Waals surface area contributed by atoms with Crippen LogP contribution in [0.15, 0.2) is 18.2 Å². The molecule has 1 amide bonds. The molecule has 0 radical (unpaired) electrons. The fraction of sp³-hybridized carbons (Fsp3) is 0.429. The van der Waals surface area contributed by atoms with Crippen molar-refractivity contribution in [2.45, 2.75) is 25.3 Å². The number of methoxy groups -OCH3 is 1. The monoisotopic (exact) mass is 262 g/mol. The zero-order valence-corrected chi connectivity index (χ0v) is 10.7. The van der Waals surface area contributed by atoms with Crippen molar-refractivity contribution < 1.29 is 13.9 Å². The lowest BCUT2D eigenvalue weighted by molar-refractivity contribution is 0.0665. The highest BCUT2D eigenvalue weighted by atomic mass is 19.1. The number of rotatable bonds is 2. The molecular weight excluding hydrogens is 247 g/mol. The number of likely N-dealkylation sites (tertiary alicyclic amines) is 1. The van der Waals surface area contributed by atoms with E-state index in [0.717, 1.165) is 12.8 Å². The Kier molecular flexibility index (Phi) is 4.00. The van der Waals surface area contributed by atoms with Crippen LogP contribution in [0.25, 0.3) is 0 Å². The van der Waals surface area contributed by atoms with Crippen LogP contribution in [-0.2, 0) is 0 Å². The number of carbonyl (C=O) groups excluding carboxylic acids is 1. The Morgan fingerprint density at radius 3 is 2.95 bits per heavy atom. The van der Waals surface area contributed by atoms with Gasteiger partial charge in [0.1, 0.15) is 17.6 Å². The average molecular weight is 262 g/mol. The van der Waals surface area contributed by atoms with Crippen molar-refractivity contribution in [3.8, 4) is 11.8 Å². The third-order valence-electron chi connectivity index (χ3n) is 3.32. The molecule has 0 aromatic heterocycles. The Bertz CT molecular complexity index is 525. The second-order valence-electron chi connectivity index (χ2n) is 4.49. The second kappa shape index (κ2) is 5.70. The Balaban J connectivity index is 2.26. The van der Waals surface area contributed by atoms with Gasteiger partial charge in [0, 0.05) is 12.6 Å². The van der Waals surface area contributed by atoms with Gasteiger partial charge in [0.05, 0.1) is 18.7 Å². The molecule has 1 aliphatic heterocycles. The van der Waals surface area contributed by atoms with Gasteiger partial charge in [-0.25, -0.2) is 4.39 Å². The topological polar surface area (TPSA) is 53.3 Å². The molecule has 1 saturated heterocycles. The largest absolute Gasteiger partial charge is 0.497 e. The van der Waals surface area contributed by atoms with E-state index in [0.29, 0.717) is 18.7 Å². The van der Waals surface area contributed by atoms with Gasteiger partial charge in [-0.15, -0.1) is 0 Å². The van der Waals surface area contributed by atoms with Gasteiger partial charge < -0.3 is 9.64 Å². The van der Waals surface area contributed by atoms with Crippen molar-refractivity contribution in [1.82, 2.24) is 4.90 Å². The Hall–Kier alpha value is -2.09. The molecule has 1 aromatic rings. The molecule has 0 bridgehead atoms. The number of carbonyl (C=O) groups is 1. The van der Waals surface area contributed by atoms with Crippen LogP contribution in [0.3, 0.4) is 0 Å². The van der Waals surface area contributed by atoms with Gasteiger partial charge in [0.15, 0.2) is 0 Å². The summed E-state index contributed by atoms with van der Waals surface area (Å²) in [6.07, 6.45) is 2.43. The highest BCUT2D eigenvalue weighted by Crippen LogP contribution is 2.22. The first kappa shape index (κ1) is 13.3. The predicted molar refractivity (Wildman–Crippen MR) is 67.2 cm³/mol. The number of nitrogens with zero attached hydrogens (tertiary/aromatic N) is 2. The lowest BCUT2D eigenvalue weighted by atomic mass is 10.0. The second-order valence-corrected chi connectivity index (χ2v) is 4.49. The van der Waals surface area contributed by atoms with E-state index in [9.17, 15) is 9.18 Å². The van der Waals surface area contributed by atoms with Crippen LogP contribution in [0.5, 0.6) is 5.75 Å². The molecule has 1 atom stereocenters. The van der Waals surface area contributed by atoms with E-state index in [1.807, 2.05) is 0 Å². The molecule has 19 heavy (non-hydrogen) atoms. The number of ether oxygens (including phenoxy) is 1. The maximum absolute atomic E-state index is 13.9. The van der Waals surface area contributed by atoms with Crippen LogP contribution in [0.2, 0.25) is 0 Å². The summed E-state index contributed by atoms with van der Waals surface area (Å²) in [7, 11) is 1.44. The number of nitriles is 1. The fourth-order valence-corrected chi connectivity index (χ4v) is 2.26. The summed E-state index contributed by atoms with van der Waals surface area (Å²) in [6.45, 7) is 0.503. The molecule has 0 spiro atoms. The number of halogens is 1. The van der Waals surface area contributed by atoms with Gasteiger partial charge >= 0.3 is 0 Å². The van der Waals surface area contributed by atoms with Crippen molar-refractivity contribution >= 4 is 5.91 Å². The number of amides is 1. The number of hydrogen-bond acceptors (Lipinski definition) is 3. The summed E-state index contributed by atoms with van der Waals surface area (Å²) in [5.41, 5.74) is -0.0112. The van der Waals surface area contributed by atoms with Crippen molar-refractivity contribution in [3.63, 3.8) is 0 Å². The maximum atomic E-state index is 13.9. The van der Waals surface area contributed by atoms with Crippen molar-refractivity contribution in [2.24, 2.45) is 0 Å².